The molecule has 0 bridgehead atoms. The van der Waals surface area contributed by atoms with Gasteiger partial charge in [-0.1, -0.05) is 149 Å². The number of anilines is 3. The molecule has 2 fully saturated rings. The van der Waals surface area contributed by atoms with Crippen molar-refractivity contribution in [2.45, 2.75) is 76.5 Å². The van der Waals surface area contributed by atoms with E-state index in [1.165, 1.54) is 92.9 Å². The van der Waals surface area contributed by atoms with Gasteiger partial charge in [0.2, 0.25) is 0 Å². The van der Waals surface area contributed by atoms with Gasteiger partial charge in [-0.25, -0.2) is 0 Å². The Kier molecular flexibility index (Phi) is 7.32. The minimum absolute atomic E-state index is 0.0747. The summed E-state index contributed by atoms with van der Waals surface area (Å²) in [5, 5.41) is 3.97. The maximum absolute atomic E-state index is 6.60. The monoisotopic (exact) mass is 675 g/mol. The standard InChI is InChI=1S/C50H45NO/c1-50(2,3)36-24-28-38(29-25-36)51(37-26-22-33(23-27-37)40-18-11-20-43-45-31-35-30-44(35)49(45)52-48(40)43)46-21-8-7-16-41(46)42-19-10-15-34-14-9-17-39(47(34)42)32-12-5-4-6-13-32/h7-11,14-29,31-32,44H,4-6,12-13,30H2,1-3H3. The summed E-state index contributed by atoms with van der Waals surface area (Å²) in [5.41, 5.74) is 15.1. The van der Waals surface area contributed by atoms with Gasteiger partial charge in [-0.15, -0.1) is 0 Å². The molecule has 1 unspecified atom stereocenters. The fourth-order valence-electron chi connectivity index (χ4n) is 9.15. The fraction of sp³-hybridized carbons (Fsp3) is 0.240. The van der Waals surface area contributed by atoms with Gasteiger partial charge in [0.15, 0.2) is 0 Å². The van der Waals surface area contributed by atoms with Crippen LogP contribution in [0.15, 0.2) is 137 Å². The van der Waals surface area contributed by atoms with Crippen LogP contribution in [-0.4, -0.2) is 0 Å². The van der Waals surface area contributed by atoms with Crippen LogP contribution in [0, 0.1) is 0 Å². The number of furan rings is 1. The summed E-state index contributed by atoms with van der Waals surface area (Å²) in [6.45, 7) is 6.85. The van der Waals surface area contributed by atoms with Gasteiger partial charge in [0.05, 0.1) is 5.69 Å². The molecule has 3 aliphatic carbocycles. The van der Waals surface area contributed by atoms with Gasteiger partial charge < -0.3 is 9.32 Å². The molecule has 3 aliphatic rings. The van der Waals surface area contributed by atoms with Gasteiger partial charge in [-0.3, -0.25) is 0 Å². The van der Waals surface area contributed by atoms with Crippen LogP contribution in [-0.2, 0) is 5.41 Å². The molecule has 10 rings (SSSR count). The first-order valence-corrected chi connectivity index (χ1v) is 19.3. The van der Waals surface area contributed by atoms with Gasteiger partial charge >= 0.3 is 0 Å². The number of nitrogens with zero attached hydrogens (tertiary/aromatic N) is 1. The Labute approximate surface area is 307 Å². The number of hydrogen-bond acceptors (Lipinski definition) is 2. The molecule has 6 aromatic carbocycles. The van der Waals surface area contributed by atoms with Gasteiger partial charge in [0, 0.05) is 39.4 Å². The summed E-state index contributed by atoms with van der Waals surface area (Å²) in [6, 6.07) is 47.8. The molecule has 0 N–H and O–H groups in total. The Bertz CT molecular complexity index is 2500. The van der Waals surface area contributed by atoms with Crippen LogP contribution in [0.25, 0.3) is 50.1 Å². The van der Waals surface area contributed by atoms with E-state index in [9.17, 15) is 0 Å². The van der Waals surface area contributed by atoms with Gasteiger partial charge in [-0.2, -0.15) is 0 Å². The molecule has 1 atom stereocenters. The highest BCUT2D eigenvalue weighted by Gasteiger charge is 2.42. The number of fused-ring (bicyclic) bond motifs is 6. The third-order valence-electron chi connectivity index (χ3n) is 12.0. The Morgan fingerprint density at radius 1 is 0.635 bits per heavy atom. The first kappa shape index (κ1) is 31.4. The molecule has 0 saturated heterocycles. The van der Waals surface area contributed by atoms with Crippen molar-refractivity contribution in [2.24, 2.45) is 0 Å². The summed E-state index contributed by atoms with van der Waals surface area (Å²) < 4.78 is 6.60. The van der Waals surface area contributed by atoms with Crippen molar-refractivity contribution >= 4 is 44.9 Å². The first-order valence-electron chi connectivity index (χ1n) is 19.3. The summed E-state index contributed by atoms with van der Waals surface area (Å²) in [7, 11) is 0. The van der Waals surface area contributed by atoms with E-state index in [2.05, 4.69) is 159 Å². The Hall–Kier alpha value is -5.34. The van der Waals surface area contributed by atoms with Gasteiger partial charge in [0.25, 0.3) is 0 Å². The fourth-order valence-corrected chi connectivity index (χ4v) is 9.15. The lowest BCUT2D eigenvalue weighted by Gasteiger charge is -2.30. The summed E-state index contributed by atoms with van der Waals surface area (Å²) in [5.74, 6) is 2.29. The van der Waals surface area contributed by atoms with E-state index in [4.69, 9.17) is 4.42 Å². The summed E-state index contributed by atoms with van der Waals surface area (Å²) in [6.07, 6.45) is 10.1. The summed E-state index contributed by atoms with van der Waals surface area (Å²) >= 11 is 0. The largest absolute Gasteiger partial charge is 0.459 e. The minimum atomic E-state index is 0.0747. The Morgan fingerprint density at radius 3 is 2.08 bits per heavy atom. The molecule has 52 heavy (non-hydrogen) atoms. The zero-order valence-corrected chi connectivity index (χ0v) is 30.5. The van der Waals surface area contributed by atoms with E-state index < -0.39 is 0 Å². The molecule has 0 spiro atoms. The number of benzene rings is 6. The van der Waals surface area contributed by atoms with Crippen molar-refractivity contribution in [1.29, 1.82) is 0 Å². The molecule has 7 aromatic rings. The van der Waals surface area contributed by atoms with Crippen LogP contribution in [0.1, 0.15) is 93.6 Å². The van der Waals surface area contributed by atoms with Crippen molar-refractivity contribution in [3.63, 3.8) is 0 Å². The lowest BCUT2D eigenvalue weighted by molar-refractivity contribution is 0.445. The average Bonchev–Trinajstić information content (AvgIpc) is 3.72. The SMILES string of the molecule is CC(C)(C)c1ccc(N(c2ccc(-c3cccc4c5c(oc34)C3CC3=C5)cc2)c2ccccc2-c2cccc3cccc(C4CCCCC4)c23)cc1. The predicted octanol–water partition coefficient (Wildman–Crippen LogP) is 14.6. The second kappa shape index (κ2) is 12.1. The van der Waals surface area contributed by atoms with Crippen LogP contribution < -0.4 is 4.90 Å². The number of hydrogen-bond donors (Lipinski definition) is 0. The van der Waals surface area contributed by atoms with E-state index in [-0.39, 0.29) is 5.41 Å². The molecule has 0 amide bonds. The normalized spacial score (nSPS) is 16.9. The van der Waals surface area contributed by atoms with Crippen LogP contribution in [0.3, 0.4) is 0 Å². The predicted molar refractivity (Wildman–Crippen MR) is 219 cm³/mol. The van der Waals surface area contributed by atoms with E-state index in [1.54, 1.807) is 0 Å². The number of allylic oxidation sites excluding steroid dienone is 1. The van der Waals surface area contributed by atoms with E-state index in [0.717, 1.165) is 34.7 Å². The Morgan fingerprint density at radius 2 is 1.31 bits per heavy atom. The molecular weight excluding hydrogens is 631 g/mol. The lowest BCUT2D eigenvalue weighted by atomic mass is 9.80. The van der Waals surface area contributed by atoms with E-state index in [0.29, 0.717) is 11.8 Å². The van der Waals surface area contributed by atoms with Crippen molar-refractivity contribution < 1.29 is 4.42 Å². The van der Waals surface area contributed by atoms with Gasteiger partial charge in [0.1, 0.15) is 11.3 Å². The smallest absolute Gasteiger partial charge is 0.142 e. The van der Waals surface area contributed by atoms with Crippen LogP contribution in [0.5, 0.6) is 0 Å². The molecular formula is C50H45NO. The number of para-hydroxylation sites is 2. The molecule has 0 radical (unpaired) electrons. The summed E-state index contributed by atoms with van der Waals surface area (Å²) in [4.78, 5) is 2.45. The van der Waals surface area contributed by atoms with E-state index >= 15 is 0 Å². The molecule has 0 aliphatic heterocycles. The molecule has 2 saturated carbocycles. The third-order valence-corrected chi connectivity index (χ3v) is 12.0. The number of rotatable bonds is 6. The maximum atomic E-state index is 6.60. The highest BCUT2D eigenvalue weighted by Crippen LogP contribution is 2.57. The topological polar surface area (TPSA) is 16.4 Å². The quantitative estimate of drug-likeness (QED) is 0.174. The van der Waals surface area contributed by atoms with Crippen molar-refractivity contribution in [3.8, 4) is 22.3 Å². The van der Waals surface area contributed by atoms with Crippen molar-refractivity contribution in [3.05, 3.63) is 155 Å². The van der Waals surface area contributed by atoms with Gasteiger partial charge in [-0.05, 0) is 94.0 Å². The second-order valence-electron chi connectivity index (χ2n) is 16.3. The zero-order valence-electron chi connectivity index (χ0n) is 30.5. The van der Waals surface area contributed by atoms with Crippen molar-refractivity contribution in [1.82, 2.24) is 0 Å². The lowest BCUT2D eigenvalue weighted by Crippen LogP contribution is -2.14. The maximum Gasteiger partial charge on any atom is 0.142 e. The average molecular weight is 676 g/mol. The molecule has 1 heterocycles. The molecule has 1 aromatic heterocycles. The molecule has 2 heteroatoms. The van der Waals surface area contributed by atoms with Crippen LogP contribution in [0.2, 0.25) is 0 Å². The highest BCUT2D eigenvalue weighted by atomic mass is 16.3. The first-order chi connectivity index (χ1) is 25.4. The minimum Gasteiger partial charge on any atom is -0.459 e. The highest BCUT2D eigenvalue weighted by molar-refractivity contribution is 6.04. The van der Waals surface area contributed by atoms with Crippen LogP contribution in [0.4, 0.5) is 17.1 Å². The van der Waals surface area contributed by atoms with Crippen LogP contribution >= 0.6 is 0 Å². The van der Waals surface area contributed by atoms with E-state index in [1.807, 2.05) is 0 Å². The Balaban J connectivity index is 1.12. The second-order valence-corrected chi connectivity index (χ2v) is 16.3. The molecule has 256 valence electrons. The molecule has 2 nitrogen and oxygen atoms in total. The van der Waals surface area contributed by atoms with Crippen molar-refractivity contribution in [2.75, 3.05) is 4.90 Å². The zero-order chi connectivity index (χ0) is 35.0. The third kappa shape index (κ3) is 5.22.